The highest BCUT2D eigenvalue weighted by Gasteiger charge is 2.51. The van der Waals surface area contributed by atoms with Gasteiger partial charge in [-0.2, -0.15) is 0 Å². The van der Waals surface area contributed by atoms with Crippen LogP contribution in [0, 0.1) is 13.8 Å². The number of nitrogens with zero attached hydrogens (tertiary/aromatic N) is 2. The summed E-state index contributed by atoms with van der Waals surface area (Å²) in [7, 11) is 1.52. The lowest BCUT2D eigenvalue weighted by atomic mass is 9.99. The molecular weight excluding hydrogens is 554 g/mol. The van der Waals surface area contributed by atoms with E-state index >= 15 is 0 Å². The van der Waals surface area contributed by atoms with Crippen LogP contribution >= 0.6 is 11.3 Å². The van der Waals surface area contributed by atoms with Gasteiger partial charge in [0.05, 0.1) is 30.4 Å². The third-order valence-corrected chi connectivity index (χ3v) is 7.91. The van der Waals surface area contributed by atoms with Gasteiger partial charge in [0.1, 0.15) is 16.7 Å². The van der Waals surface area contributed by atoms with Crippen molar-refractivity contribution >= 4 is 29.1 Å². The summed E-state index contributed by atoms with van der Waals surface area (Å²) in [4.78, 5) is 44.9. The minimum atomic E-state index is -3.33. The van der Waals surface area contributed by atoms with E-state index in [-0.39, 0.29) is 13.0 Å². The molecule has 3 N–H and O–H groups in total. The van der Waals surface area contributed by atoms with Crippen molar-refractivity contribution in [3.8, 4) is 5.75 Å². The number of nitrogens with one attached hydrogen (secondary N) is 2. The molecule has 2 aromatic carbocycles. The highest BCUT2D eigenvalue weighted by Crippen LogP contribution is 2.33. The number of amides is 3. The first-order valence-electron chi connectivity index (χ1n) is 13.0. The number of benzene rings is 2. The van der Waals surface area contributed by atoms with E-state index in [1.165, 1.54) is 18.4 Å². The lowest BCUT2D eigenvalue weighted by molar-refractivity contribution is -0.147. The summed E-state index contributed by atoms with van der Waals surface area (Å²) in [5.74, 6) is -5.07. The van der Waals surface area contributed by atoms with Crippen molar-refractivity contribution in [3.63, 3.8) is 0 Å². The van der Waals surface area contributed by atoms with Gasteiger partial charge >= 0.3 is 0 Å². The van der Waals surface area contributed by atoms with Gasteiger partial charge in [-0.1, -0.05) is 42.5 Å². The Hall–Kier alpha value is -3.90. The first-order valence-corrected chi connectivity index (χ1v) is 13.8. The predicted octanol–water partition coefficient (Wildman–Crippen LogP) is 3.02. The van der Waals surface area contributed by atoms with Crippen molar-refractivity contribution in [3.05, 3.63) is 81.3 Å². The summed E-state index contributed by atoms with van der Waals surface area (Å²) in [6.07, 6.45) is -2.72. The summed E-state index contributed by atoms with van der Waals surface area (Å²) in [5.41, 5.74) is 1.92. The van der Waals surface area contributed by atoms with Crippen LogP contribution in [0.4, 0.5) is 8.78 Å². The first kappa shape index (κ1) is 30.1. The SMILES string of the molecule is COc1ccc(CNC(=O)[C@@H]2CC(F)(F)CN2C(=O)[C@@H](O)[C@H](Cc2ccccc2)NC(=O)c2sc(C)nc2C)cc1. The molecule has 2 heterocycles. The minimum absolute atomic E-state index is 0.0505. The number of rotatable bonds is 10. The number of likely N-dealkylation sites (tertiary alicyclic amines) is 1. The van der Waals surface area contributed by atoms with E-state index in [2.05, 4.69) is 15.6 Å². The normalized spacial score (nSPS) is 17.5. The molecule has 0 spiro atoms. The van der Waals surface area contributed by atoms with Crippen molar-refractivity contribution in [1.82, 2.24) is 20.5 Å². The van der Waals surface area contributed by atoms with E-state index < -0.39 is 54.8 Å². The van der Waals surface area contributed by atoms with Gasteiger partial charge in [0.15, 0.2) is 6.10 Å². The van der Waals surface area contributed by atoms with Crippen molar-refractivity contribution in [2.45, 2.75) is 57.3 Å². The van der Waals surface area contributed by atoms with Crippen LogP contribution in [0.2, 0.25) is 0 Å². The van der Waals surface area contributed by atoms with E-state index in [9.17, 15) is 28.3 Å². The predicted molar refractivity (Wildman–Crippen MR) is 149 cm³/mol. The molecule has 0 radical (unpaired) electrons. The second-order valence-electron chi connectivity index (χ2n) is 9.97. The Morgan fingerprint density at radius 3 is 2.41 bits per heavy atom. The molecule has 3 atom stereocenters. The number of hydrogen-bond acceptors (Lipinski definition) is 7. The molecular formula is C29H32F2N4O5S. The molecule has 4 rings (SSSR count). The molecule has 3 aromatic rings. The highest BCUT2D eigenvalue weighted by molar-refractivity contribution is 7.13. The molecule has 1 aromatic heterocycles. The monoisotopic (exact) mass is 586 g/mol. The van der Waals surface area contributed by atoms with Crippen LogP contribution in [0.15, 0.2) is 54.6 Å². The Morgan fingerprint density at radius 2 is 1.80 bits per heavy atom. The van der Waals surface area contributed by atoms with Gasteiger partial charge < -0.3 is 25.4 Å². The number of methoxy groups -OCH3 is 1. The lowest BCUT2D eigenvalue weighted by Crippen LogP contribution is -2.55. The third-order valence-electron chi connectivity index (χ3n) is 6.84. The molecule has 12 heteroatoms. The summed E-state index contributed by atoms with van der Waals surface area (Å²) < 4.78 is 34.2. The van der Waals surface area contributed by atoms with Crippen LogP contribution < -0.4 is 15.4 Å². The number of hydrogen-bond donors (Lipinski definition) is 3. The zero-order valence-corrected chi connectivity index (χ0v) is 23.7. The first-order chi connectivity index (χ1) is 19.5. The van der Waals surface area contributed by atoms with Crippen LogP contribution in [0.3, 0.4) is 0 Å². The fourth-order valence-corrected chi connectivity index (χ4v) is 5.58. The number of halogens is 2. The third kappa shape index (κ3) is 7.44. The number of aliphatic hydroxyl groups is 1. The smallest absolute Gasteiger partial charge is 0.267 e. The number of carbonyl (C=O) groups is 3. The Balaban J connectivity index is 1.52. The fraction of sp³-hybridized carbons (Fsp3) is 0.379. The Morgan fingerprint density at radius 1 is 1.12 bits per heavy atom. The number of thiazole rings is 1. The summed E-state index contributed by atoms with van der Waals surface area (Å²) in [5, 5.41) is 17.2. The quantitative estimate of drug-likeness (QED) is 0.336. The summed E-state index contributed by atoms with van der Waals surface area (Å²) in [6.45, 7) is 2.45. The number of carbonyl (C=O) groups excluding carboxylic acids is 3. The van der Waals surface area contributed by atoms with Crippen molar-refractivity contribution in [1.29, 1.82) is 0 Å². The van der Waals surface area contributed by atoms with E-state index in [4.69, 9.17) is 4.74 Å². The van der Waals surface area contributed by atoms with Gasteiger partial charge in [0.2, 0.25) is 5.91 Å². The molecule has 3 amide bonds. The van der Waals surface area contributed by atoms with Gasteiger partial charge in [-0.25, -0.2) is 13.8 Å². The van der Waals surface area contributed by atoms with Crippen LogP contribution in [0.1, 0.15) is 37.9 Å². The van der Waals surface area contributed by atoms with E-state index in [1.54, 1.807) is 68.4 Å². The average molecular weight is 587 g/mol. The van der Waals surface area contributed by atoms with Crippen LogP contribution in [-0.4, -0.2) is 70.5 Å². The Kier molecular flexibility index (Phi) is 9.34. The summed E-state index contributed by atoms with van der Waals surface area (Å²) in [6, 6.07) is 13.0. The van der Waals surface area contributed by atoms with E-state index in [0.29, 0.717) is 37.4 Å². The zero-order valence-electron chi connectivity index (χ0n) is 22.9. The van der Waals surface area contributed by atoms with Crippen LogP contribution in [0.5, 0.6) is 5.75 Å². The lowest BCUT2D eigenvalue weighted by Gasteiger charge is -2.30. The fourth-order valence-electron chi connectivity index (χ4n) is 4.76. The molecule has 0 bridgehead atoms. The van der Waals surface area contributed by atoms with Gasteiger partial charge in [-0.15, -0.1) is 11.3 Å². The molecule has 1 aliphatic heterocycles. The zero-order chi connectivity index (χ0) is 29.7. The molecule has 1 fully saturated rings. The molecule has 0 unspecified atom stereocenters. The number of alkyl halides is 2. The number of aryl methyl sites for hydroxylation is 2. The number of aromatic nitrogens is 1. The largest absolute Gasteiger partial charge is 0.497 e. The van der Waals surface area contributed by atoms with Gasteiger partial charge in [0, 0.05) is 13.0 Å². The Labute approximate surface area is 240 Å². The molecule has 0 saturated carbocycles. The maximum absolute atomic E-state index is 14.6. The highest BCUT2D eigenvalue weighted by atomic mass is 32.1. The topological polar surface area (TPSA) is 121 Å². The van der Waals surface area contributed by atoms with Crippen LogP contribution in [0.25, 0.3) is 0 Å². The number of aliphatic hydroxyl groups excluding tert-OH is 1. The second kappa shape index (κ2) is 12.7. The molecule has 1 aliphatic rings. The molecule has 9 nitrogen and oxygen atoms in total. The van der Waals surface area contributed by atoms with Crippen molar-refractivity contribution < 1.29 is 33.0 Å². The maximum Gasteiger partial charge on any atom is 0.267 e. The van der Waals surface area contributed by atoms with Gasteiger partial charge in [-0.3, -0.25) is 14.4 Å². The van der Waals surface area contributed by atoms with E-state index in [0.717, 1.165) is 0 Å². The standard InChI is InChI=1S/C29H32F2N4O5S/c1-17-25(41-18(2)33-17)27(38)34-22(13-19-7-5-4-6-8-19)24(36)28(39)35-16-29(30,31)14-23(35)26(37)32-15-20-9-11-21(40-3)12-10-20/h4-12,22-24,36H,13-16H2,1-3H3,(H,32,37)(H,34,38)/t22-,23-,24-/m0/s1. The van der Waals surface area contributed by atoms with Crippen molar-refractivity contribution in [2.75, 3.05) is 13.7 Å². The van der Waals surface area contributed by atoms with E-state index in [1.807, 2.05) is 0 Å². The Bertz CT molecular complexity index is 1380. The van der Waals surface area contributed by atoms with Crippen LogP contribution in [-0.2, 0) is 22.6 Å². The van der Waals surface area contributed by atoms with Gasteiger partial charge in [-0.05, 0) is 43.5 Å². The van der Waals surface area contributed by atoms with Gasteiger partial charge in [0.25, 0.3) is 17.7 Å². The molecule has 218 valence electrons. The molecule has 0 aliphatic carbocycles. The molecule has 1 saturated heterocycles. The minimum Gasteiger partial charge on any atom is -0.497 e. The summed E-state index contributed by atoms with van der Waals surface area (Å²) >= 11 is 1.17. The second-order valence-corrected chi connectivity index (χ2v) is 11.2. The van der Waals surface area contributed by atoms with Crippen molar-refractivity contribution in [2.24, 2.45) is 0 Å². The number of ether oxygens (including phenoxy) is 1. The average Bonchev–Trinajstić information content (AvgIpc) is 3.48. The molecule has 41 heavy (non-hydrogen) atoms. The maximum atomic E-state index is 14.6.